The zero-order chi connectivity index (χ0) is 24.5. The van der Waals surface area contributed by atoms with Crippen molar-refractivity contribution in [3.63, 3.8) is 0 Å². The van der Waals surface area contributed by atoms with Crippen molar-refractivity contribution in [1.29, 1.82) is 0 Å². The van der Waals surface area contributed by atoms with Gasteiger partial charge in [0.25, 0.3) is 5.91 Å². The molecular formula is C26H33N7O2S. The highest BCUT2D eigenvalue weighted by atomic mass is 32.1. The average molecular weight is 508 g/mol. The van der Waals surface area contributed by atoms with E-state index in [-0.39, 0.29) is 5.91 Å². The molecule has 10 heteroatoms. The zero-order valence-corrected chi connectivity index (χ0v) is 21.6. The number of ether oxygens (including phenoxy) is 1. The van der Waals surface area contributed by atoms with E-state index in [1.807, 2.05) is 18.2 Å². The van der Waals surface area contributed by atoms with E-state index in [1.165, 1.54) is 6.42 Å². The molecule has 1 atom stereocenters. The van der Waals surface area contributed by atoms with Crippen molar-refractivity contribution in [3.8, 4) is 0 Å². The van der Waals surface area contributed by atoms with Crippen molar-refractivity contribution in [2.75, 3.05) is 72.5 Å². The normalized spacial score (nSPS) is 20.8. The molecule has 0 bridgehead atoms. The minimum absolute atomic E-state index is 0.207. The highest BCUT2D eigenvalue weighted by Gasteiger charge is 2.24. The molecule has 9 nitrogen and oxygen atoms in total. The zero-order valence-electron chi connectivity index (χ0n) is 20.8. The predicted octanol–water partition coefficient (Wildman–Crippen LogP) is 4.01. The van der Waals surface area contributed by atoms with Gasteiger partial charge in [-0.2, -0.15) is 4.98 Å². The van der Waals surface area contributed by atoms with E-state index in [4.69, 9.17) is 19.7 Å². The number of carbonyl (C=O) groups is 1. The Morgan fingerprint density at radius 2 is 1.83 bits per heavy atom. The van der Waals surface area contributed by atoms with Gasteiger partial charge in [0.05, 0.1) is 23.6 Å². The Morgan fingerprint density at radius 3 is 2.61 bits per heavy atom. The molecule has 3 aliphatic heterocycles. The number of fused-ring (bicyclic) bond motifs is 1. The number of amides is 1. The van der Waals surface area contributed by atoms with Crippen molar-refractivity contribution in [3.05, 3.63) is 30.0 Å². The minimum atomic E-state index is -0.207. The number of nitrogens with zero attached hydrogens (tertiary/aromatic N) is 6. The Bertz CT molecular complexity index is 1240. The number of aromatic nitrogens is 3. The molecule has 0 aliphatic carbocycles. The molecule has 36 heavy (non-hydrogen) atoms. The van der Waals surface area contributed by atoms with Crippen molar-refractivity contribution in [1.82, 2.24) is 15.0 Å². The maximum Gasteiger partial charge on any atom is 0.274 e. The number of pyridine rings is 2. The number of rotatable bonds is 5. The fourth-order valence-corrected chi connectivity index (χ4v) is 6.23. The summed E-state index contributed by atoms with van der Waals surface area (Å²) in [5, 5.41) is 4.11. The molecule has 3 fully saturated rings. The first-order valence-electron chi connectivity index (χ1n) is 13.1. The summed E-state index contributed by atoms with van der Waals surface area (Å²) in [7, 11) is 0. The number of piperidine rings is 1. The lowest BCUT2D eigenvalue weighted by Gasteiger charge is -2.29. The van der Waals surface area contributed by atoms with Gasteiger partial charge in [-0.15, -0.1) is 0 Å². The molecule has 3 aromatic rings. The first kappa shape index (κ1) is 23.4. The van der Waals surface area contributed by atoms with Crippen molar-refractivity contribution in [2.24, 2.45) is 5.92 Å². The molecule has 3 aromatic heterocycles. The molecule has 1 N–H and O–H groups in total. The van der Waals surface area contributed by atoms with Crippen LogP contribution >= 0.6 is 11.3 Å². The number of thiazole rings is 1. The predicted molar refractivity (Wildman–Crippen MR) is 145 cm³/mol. The Balaban J connectivity index is 1.30. The van der Waals surface area contributed by atoms with Crippen LogP contribution in [0.25, 0.3) is 10.3 Å². The Morgan fingerprint density at radius 1 is 1.00 bits per heavy atom. The summed E-state index contributed by atoms with van der Waals surface area (Å²) in [6.07, 6.45) is 4.64. The van der Waals surface area contributed by atoms with Gasteiger partial charge in [-0.25, -0.2) is 9.97 Å². The van der Waals surface area contributed by atoms with Crippen LogP contribution in [0.3, 0.4) is 0 Å². The quantitative estimate of drug-likeness (QED) is 0.554. The lowest BCUT2D eigenvalue weighted by Crippen LogP contribution is -2.36. The number of anilines is 4. The largest absolute Gasteiger partial charge is 0.378 e. The van der Waals surface area contributed by atoms with E-state index >= 15 is 0 Å². The Kier molecular flexibility index (Phi) is 6.62. The van der Waals surface area contributed by atoms with Crippen LogP contribution in [0.2, 0.25) is 0 Å². The third kappa shape index (κ3) is 4.84. The maximum absolute atomic E-state index is 13.4. The van der Waals surface area contributed by atoms with Crippen LogP contribution in [-0.4, -0.2) is 73.3 Å². The molecule has 0 spiro atoms. The molecule has 190 valence electrons. The molecule has 0 radical (unpaired) electrons. The van der Waals surface area contributed by atoms with E-state index in [2.05, 4.69) is 26.9 Å². The smallest absolute Gasteiger partial charge is 0.274 e. The molecule has 0 unspecified atom stereocenters. The van der Waals surface area contributed by atoms with Gasteiger partial charge in [-0.3, -0.25) is 4.79 Å². The van der Waals surface area contributed by atoms with Gasteiger partial charge in [-0.1, -0.05) is 24.3 Å². The first-order chi connectivity index (χ1) is 17.6. The minimum Gasteiger partial charge on any atom is -0.378 e. The topological polar surface area (TPSA) is 86.7 Å². The van der Waals surface area contributed by atoms with Crippen LogP contribution in [0.15, 0.2) is 24.3 Å². The lowest BCUT2D eigenvalue weighted by molar-refractivity contribution is 0.102. The summed E-state index contributed by atoms with van der Waals surface area (Å²) in [4.78, 5) is 34.7. The van der Waals surface area contributed by atoms with Crippen molar-refractivity contribution < 1.29 is 9.53 Å². The summed E-state index contributed by atoms with van der Waals surface area (Å²) < 4.78 is 6.47. The van der Waals surface area contributed by atoms with Gasteiger partial charge >= 0.3 is 0 Å². The maximum atomic E-state index is 13.4. The molecule has 6 rings (SSSR count). The van der Waals surface area contributed by atoms with Gasteiger partial charge in [0.2, 0.25) is 0 Å². The SMILES string of the molecule is C[C@H]1CCN(c2cccc(C(=O)Nc3cc4sc(N5CCOCC5)nc4nc3N3CCCCC3)n2)C1. The van der Waals surface area contributed by atoms with Crippen LogP contribution in [0.5, 0.6) is 0 Å². The molecule has 1 amide bonds. The number of hydrogen-bond donors (Lipinski definition) is 1. The van der Waals surface area contributed by atoms with E-state index in [1.54, 1.807) is 17.4 Å². The standard InChI is InChI=1S/C26H33N7O2S/c1-18-8-11-33(17-18)22-7-5-6-19(27-22)25(34)28-20-16-21-23(29-24(20)31-9-3-2-4-10-31)30-26(36-21)32-12-14-35-15-13-32/h5-7,16,18H,2-4,8-15,17H2,1H3,(H,28,34)/t18-/m0/s1. The van der Waals surface area contributed by atoms with Gasteiger partial charge in [-0.05, 0) is 49.8 Å². The fourth-order valence-electron chi connectivity index (χ4n) is 5.23. The van der Waals surface area contributed by atoms with Crippen molar-refractivity contribution >= 4 is 50.0 Å². The fraction of sp³-hybridized carbons (Fsp3) is 0.538. The van der Waals surface area contributed by atoms with Gasteiger partial charge < -0.3 is 24.8 Å². The summed E-state index contributed by atoms with van der Waals surface area (Å²) in [5.74, 6) is 2.12. The van der Waals surface area contributed by atoms with Crippen LogP contribution in [0.4, 0.5) is 22.5 Å². The third-order valence-electron chi connectivity index (χ3n) is 7.25. The molecule has 3 saturated heterocycles. The van der Waals surface area contributed by atoms with E-state index < -0.39 is 0 Å². The Hall–Kier alpha value is -2.98. The van der Waals surface area contributed by atoms with Gasteiger partial charge in [0.15, 0.2) is 16.6 Å². The van der Waals surface area contributed by atoms with Crippen LogP contribution in [0, 0.1) is 5.92 Å². The van der Waals surface area contributed by atoms with E-state index in [0.29, 0.717) is 24.8 Å². The molecule has 3 aliphatic rings. The average Bonchev–Trinajstić information content (AvgIpc) is 3.55. The third-order valence-corrected chi connectivity index (χ3v) is 8.30. The first-order valence-corrected chi connectivity index (χ1v) is 13.9. The number of hydrogen-bond acceptors (Lipinski definition) is 9. The number of carbonyl (C=O) groups excluding carboxylic acids is 1. The summed E-state index contributed by atoms with van der Waals surface area (Å²) in [5.41, 5.74) is 1.90. The van der Waals surface area contributed by atoms with E-state index in [0.717, 1.165) is 91.3 Å². The summed E-state index contributed by atoms with van der Waals surface area (Å²) in [6, 6.07) is 7.74. The van der Waals surface area contributed by atoms with Crippen LogP contribution in [0.1, 0.15) is 43.1 Å². The highest BCUT2D eigenvalue weighted by molar-refractivity contribution is 7.22. The lowest BCUT2D eigenvalue weighted by atomic mass is 10.1. The number of nitrogens with one attached hydrogen (secondary N) is 1. The number of morpholine rings is 1. The molecular weight excluding hydrogens is 474 g/mol. The summed E-state index contributed by atoms with van der Waals surface area (Å²) >= 11 is 1.62. The highest BCUT2D eigenvalue weighted by Crippen LogP contribution is 2.35. The molecule has 0 saturated carbocycles. The second-order valence-corrected chi connectivity index (χ2v) is 11.0. The second kappa shape index (κ2) is 10.2. The summed E-state index contributed by atoms with van der Waals surface area (Å²) in [6.45, 7) is 9.18. The molecule has 0 aromatic carbocycles. The van der Waals surface area contributed by atoms with Gasteiger partial charge in [0, 0.05) is 39.3 Å². The molecule has 6 heterocycles. The Labute approximate surface area is 215 Å². The van der Waals surface area contributed by atoms with E-state index in [9.17, 15) is 4.79 Å². The van der Waals surface area contributed by atoms with Crippen molar-refractivity contribution in [2.45, 2.75) is 32.6 Å². The monoisotopic (exact) mass is 507 g/mol. The second-order valence-electron chi connectivity index (χ2n) is 10.00. The van der Waals surface area contributed by atoms with Crippen LogP contribution < -0.4 is 20.0 Å². The van der Waals surface area contributed by atoms with Gasteiger partial charge in [0.1, 0.15) is 11.5 Å². The van der Waals surface area contributed by atoms with Crippen LogP contribution in [-0.2, 0) is 4.74 Å².